The minimum atomic E-state index is -0.292. The van der Waals surface area contributed by atoms with Gasteiger partial charge in [-0.3, -0.25) is 4.79 Å². The van der Waals surface area contributed by atoms with E-state index < -0.39 is 0 Å². The van der Waals surface area contributed by atoms with Crippen LogP contribution in [0.5, 0.6) is 0 Å². The molecule has 5 heteroatoms. The average Bonchev–Trinajstić information content (AvgIpc) is 2.35. The predicted molar refractivity (Wildman–Crippen MR) is 68.4 cm³/mol. The maximum absolute atomic E-state index is 12.8. The van der Waals surface area contributed by atoms with Gasteiger partial charge in [0, 0.05) is 17.7 Å². The van der Waals surface area contributed by atoms with Crippen molar-refractivity contribution in [2.75, 3.05) is 0 Å². The Labute approximate surface area is 109 Å². The highest BCUT2D eigenvalue weighted by Gasteiger charge is 2.08. The number of benzene rings is 1. The van der Waals surface area contributed by atoms with Crippen LogP contribution < -0.4 is 5.56 Å². The smallest absolute Gasteiger partial charge is 0.254 e. The summed E-state index contributed by atoms with van der Waals surface area (Å²) < 4.78 is 12.8. The molecule has 0 unspecified atom stereocenters. The molecule has 2 aromatic rings. The Morgan fingerprint density at radius 1 is 1.33 bits per heavy atom. The molecule has 1 heterocycles. The number of halogens is 2. The van der Waals surface area contributed by atoms with Crippen LogP contribution >= 0.6 is 11.6 Å². The van der Waals surface area contributed by atoms with E-state index in [0.29, 0.717) is 23.5 Å². The lowest BCUT2D eigenvalue weighted by Gasteiger charge is -2.06. The van der Waals surface area contributed by atoms with Gasteiger partial charge in [0.15, 0.2) is 0 Å². The highest BCUT2D eigenvalue weighted by Crippen LogP contribution is 2.10. The van der Waals surface area contributed by atoms with Crippen LogP contribution in [-0.4, -0.2) is 9.97 Å². The molecule has 0 aliphatic carbocycles. The summed E-state index contributed by atoms with van der Waals surface area (Å²) in [7, 11) is 0. The summed E-state index contributed by atoms with van der Waals surface area (Å²) in [6, 6.07) is 6.06. The fraction of sp³-hybridized carbons (Fsp3) is 0.231. The number of nitrogens with one attached hydrogen (secondary N) is 1. The lowest BCUT2D eigenvalue weighted by molar-refractivity contribution is 0.627. The SMILES string of the molecule is Cc1nc(CCl)[nH]c(=O)c1Cc1ccc(F)cc1. The minimum Gasteiger partial charge on any atom is -0.309 e. The van der Waals surface area contributed by atoms with Gasteiger partial charge in [0.05, 0.1) is 5.88 Å². The molecule has 0 aliphatic rings. The normalized spacial score (nSPS) is 10.6. The Balaban J connectivity index is 2.35. The first-order valence-corrected chi connectivity index (χ1v) is 6.02. The van der Waals surface area contributed by atoms with Crippen molar-refractivity contribution in [3.63, 3.8) is 0 Å². The van der Waals surface area contributed by atoms with Gasteiger partial charge in [-0.2, -0.15) is 0 Å². The molecule has 1 aromatic heterocycles. The van der Waals surface area contributed by atoms with Crippen LogP contribution in [0.25, 0.3) is 0 Å². The van der Waals surface area contributed by atoms with Crippen LogP contribution in [0.2, 0.25) is 0 Å². The van der Waals surface area contributed by atoms with Crippen LogP contribution in [0.1, 0.15) is 22.6 Å². The van der Waals surface area contributed by atoms with Crippen LogP contribution in [0.4, 0.5) is 4.39 Å². The third kappa shape index (κ3) is 2.76. The number of hydrogen-bond acceptors (Lipinski definition) is 2. The zero-order valence-corrected chi connectivity index (χ0v) is 10.6. The van der Waals surface area contributed by atoms with Crippen molar-refractivity contribution in [3.05, 3.63) is 63.1 Å². The van der Waals surface area contributed by atoms with Crippen molar-refractivity contribution >= 4 is 11.6 Å². The molecule has 0 spiro atoms. The van der Waals surface area contributed by atoms with Gasteiger partial charge < -0.3 is 4.98 Å². The van der Waals surface area contributed by atoms with Crippen molar-refractivity contribution in [3.8, 4) is 0 Å². The number of aryl methyl sites for hydroxylation is 1. The molecule has 0 saturated carbocycles. The van der Waals surface area contributed by atoms with E-state index in [-0.39, 0.29) is 17.3 Å². The summed E-state index contributed by atoms with van der Waals surface area (Å²) in [5.74, 6) is 0.342. The minimum absolute atomic E-state index is 0.174. The van der Waals surface area contributed by atoms with Crippen LogP contribution in [-0.2, 0) is 12.3 Å². The molecular formula is C13H12ClFN2O. The van der Waals surface area contributed by atoms with Crippen LogP contribution in [0, 0.1) is 12.7 Å². The van der Waals surface area contributed by atoms with Gasteiger partial charge in [-0.05, 0) is 24.6 Å². The van der Waals surface area contributed by atoms with E-state index in [4.69, 9.17) is 11.6 Å². The van der Waals surface area contributed by atoms with Gasteiger partial charge in [-0.1, -0.05) is 12.1 Å². The maximum Gasteiger partial charge on any atom is 0.254 e. The summed E-state index contributed by atoms with van der Waals surface area (Å²) in [6.45, 7) is 1.77. The summed E-state index contributed by atoms with van der Waals surface area (Å²) in [6.07, 6.45) is 0.428. The Morgan fingerprint density at radius 3 is 2.56 bits per heavy atom. The molecule has 0 fully saturated rings. The molecule has 94 valence electrons. The van der Waals surface area contributed by atoms with Crippen molar-refractivity contribution < 1.29 is 4.39 Å². The van der Waals surface area contributed by atoms with Gasteiger partial charge in [0.1, 0.15) is 11.6 Å². The number of alkyl halides is 1. The number of aromatic amines is 1. The molecule has 0 radical (unpaired) electrons. The van der Waals surface area contributed by atoms with E-state index in [9.17, 15) is 9.18 Å². The summed E-state index contributed by atoms with van der Waals surface area (Å²) in [5.41, 5.74) is 1.90. The van der Waals surface area contributed by atoms with Gasteiger partial charge >= 0.3 is 0 Å². The number of nitrogens with zero attached hydrogens (tertiary/aromatic N) is 1. The highest BCUT2D eigenvalue weighted by molar-refractivity contribution is 6.16. The van der Waals surface area contributed by atoms with Crippen LogP contribution in [0.3, 0.4) is 0 Å². The fourth-order valence-corrected chi connectivity index (χ4v) is 1.87. The van der Waals surface area contributed by atoms with Gasteiger partial charge in [-0.15, -0.1) is 11.6 Å². The zero-order chi connectivity index (χ0) is 13.1. The Bertz CT molecular complexity index is 607. The van der Waals surface area contributed by atoms with E-state index in [0.717, 1.165) is 5.56 Å². The van der Waals surface area contributed by atoms with Crippen molar-refractivity contribution in [2.24, 2.45) is 0 Å². The number of hydrogen-bond donors (Lipinski definition) is 1. The first-order chi connectivity index (χ1) is 8.60. The average molecular weight is 267 g/mol. The second-order valence-corrected chi connectivity index (χ2v) is 4.28. The first-order valence-electron chi connectivity index (χ1n) is 5.49. The quantitative estimate of drug-likeness (QED) is 0.868. The molecule has 1 N–H and O–H groups in total. The molecule has 0 aliphatic heterocycles. The number of H-pyrrole nitrogens is 1. The van der Waals surface area contributed by atoms with E-state index in [1.54, 1.807) is 19.1 Å². The molecular weight excluding hydrogens is 255 g/mol. The van der Waals surface area contributed by atoms with E-state index in [2.05, 4.69) is 9.97 Å². The summed E-state index contributed by atoms with van der Waals surface area (Å²) >= 11 is 5.63. The van der Waals surface area contributed by atoms with Crippen molar-refractivity contribution in [1.82, 2.24) is 9.97 Å². The molecule has 2 rings (SSSR count). The fourth-order valence-electron chi connectivity index (χ4n) is 1.75. The van der Waals surface area contributed by atoms with Crippen LogP contribution in [0.15, 0.2) is 29.1 Å². The molecule has 0 atom stereocenters. The second-order valence-electron chi connectivity index (χ2n) is 4.01. The summed E-state index contributed by atoms with van der Waals surface area (Å²) in [4.78, 5) is 18.7. The van der Waals surface area contributed by atoms with E-state index in [1.165, 1.54) is 12.1 Å². The van der Waals surface area contributed by atoms with Crippen molar-refractivity contribution in [2.45, 2.75) is 19.2 Å². The second kappa shape index (κ2) is 5.31. The maximum atomic E-state index is 12.8. The van der Waals surface area contributed by atoms with Gasteiger partial charge in [0.25, 0.3) is 5.56 Å². The van der Waals surface area contributed by atoms with E-state index >= 15 is 0 Å². The molecule has 0 saturated heterocycles. The predicted octanol–water partition coefficient (Wildman–Crippen LogP) is 2.55. The molecule has 18 heavy (non-hydrogen) atoms. The number of rotatable bonds is 3. The standard InChI is InChI=1S/C13H12ClFN2O/c1-8-11(13(18)17-12(7-14)16-8)6-9-2-4-10(15)5-3-9/h2-5H,6-7H2,1H3,(H,16,17,18). The molecule has 0 bridgehead atoms. The lowest BCUT2D eigenvalue weighted by Crippen LogP contribution is -2.18. The largest absolute Gasteiger partial charge is 0.309 e. The van der Waals surface area contributed by atoms with E-state index in [1.807, 2.05) is 0 Å². The monoisotopic (exact) mass is 266 g/mol. The lowest BCUT2D eigenvalue weighted by atomic mass is 10.1. The zero-order valence-electron chi connectivity index (χ0n) is 9.84. The highest BCUT2D eigenvalue weighted by atomic mass is 35.5. The molecule has 0 amide bonds. The molecule has 3 nitrogen and oxygen atoms in total. The summed E-state index contributed by atoms with van der Waals surface area (Å²) in [5, 5.41) is 0. The third-order valence-electron chi connectivity index (χ3n) is 2.69. The number of aromatic nitrogens is 2. The Hall–Kier alpha value is -1.68. The van der Waals surface area contributed by atoms with Gasteiger partial charge in [0.2, 0.25) is 0 Å². The Morgan fingerprint density at radius 2 is 2.00 bits per heavy atom. The topological polar surface area (TPSA) is 45.8 Å². The third-order valence-corrected chi connectivity index (χ3v) is 2.95. The Kier molecular flexibility index (Phi) is 3.77. The van der Waals surface area contributed by atoms with Crippen molar-refractivity contribution in [1.29, 1.82) is 0 Å². The van der Waals surface area contributed by atoms with Gasteiger partial charge in [-0.25, -0.2) is 9.37 Å². The molecule has 1 aromatic carbocycles. The first kappa shape index (κ1) is 12.8.